The van der Waals surface area contributed by atoms with Gasteiger partial charge in [0.15, 0.2) is 0 Å². The molecule has 2 heterocycles. The molecular formula is C13H12F3N3O. The van der Waals surface area contributed by atoms with Gasteiger partial charge in [0, 0.05) is 32.6 Å². The second-order valence-electron chi connectivity index (χ2n) is 4.40. The fraction of sp³-hybridized carbons (Fsp3) is 0.231. The maximum atomic E-state index is 12.8. The molecule has 0 N–H and O–H groups in total. The summed E-state index contributed by atoms with van der Waals surface area (Å²) in [7, 11) is 3.47. The monoisotopic (exact) mass is 283 g/mol. The zero-order valence-corrected chi connectivity index (χ0v) is 10.8. The number of alkyl halides is 3. The molecule has 0 atom stereocenters. The molecule has 4 nitrogen and oxygen atoms in total. The van der Waals surface area contributed by atoms with Crippen molar-refractivity contribution in [1.82, 2.24) is 14.3 Å². The molecule has 0 aliphatic rings. The molecule has 0 aliphatic heterocycles. The third-order valence-corrected chi connectivity index (χ3v) is 2.62. The highest BCUT2D eigenvalue weighted by molar-refractivity contribution is 6.03. The van der Waals surface area contributed by atoms with Gasteiger partial charge in [-0.1, -0.05) is 0 Å². The molecule has 0 unspecified atom stereocenters. The fourth-order valence-electron chi connectivity index (χ4n) is 1.72. The van der Waals surface area contributed by atoms with E-state index in [1.165, 1.54) is 24.5 Å². The van der Waals surface area contributed by atoms with Crippen molar-refractivity contribution >= 4 is 11.4 Å². The Labute approximate surface area is 113 Å². The van der Waals surface area contributed by atoms with Gasteiger partial charge < -0.3 is 4.90 Å². The van der Waals surface area contributed by atoms with Gasteiger partial charge in [-0.3, -0.25) is 9.20 Å². The van der Waals surface area contributed by atoms with Crippen LogP contribution in [0.25, 0.3) is 5.65 Å². The highest BCUT2D eigenvalue weighted by Crippen LogP contribution is 2.32. The fourth-order valence-corrected chi connectivity index (χ4v) is 1.72. The molecule has 0 fully saturated rings. The summed E-state index contributed by atoms with van der Waals surface area (Å²) in [5.41, 5.74) is -1.05. The van der Waals surface area contributed by atoms with Crippen molar-refractivity contribution in [1.29, 1.82) is 0 Å². The second-order valence-corrected chi connectivity index (χ2v) is 4.40. The van der Waals surface area contributed by atoms with Gasteiger partial charge in [-0.05, 0) is 12.1 Å². The molecule has 2 rings (SSSR count). The quantitative estimate of drug-likeness (QED) is 0.642. The van der Waals surface area contributed by atoms with Crippen LogP contribution in [0.5, 0.6) is 0 Å². The first-order chi connectivity index (χ1) is 9.30. The maximum Gasteiger partial charge on any atom is 0.419 e. The van der Waals surface area contributed by atoms with Crippen LogP contribution in [0.3, 0.4) is 0 Å². The number of pyridine rings is 1. The summed E-state index contributed by atoms with van der Waals surface area (Å²) >= 11 is 0. The minimum atomic E-state index is -4.51. The molecule has 7 heteroatoms. The first-order valence-corrected chi connectivity index (χ1v) is 5.73. The molecule has 0 bridgehead atoms. The average molecular weight is 283 g/mol. The topological polar surface area (TPSA) is 37.6 Å². The Morgan fingerprint density at radius 1 is 1.40 bits per heavy atom. The van der Waals surface area contributed by atoms with E-state index in [9.17, 15) is 18.0 Å². The number of ketones is 1. The maximum absolute atomic E-state index is 12.8. The summed E-state index contributed by atoms with van der Waals surface area (Å²) in [4.78, 5) is 17.3. The Kier molecular flexibility index (Phi) is 3.52. The summed E-state index contributed by atoms with van der Waals surface area (Å²) < 4.78 is 39.6. The van der Waals surface area contributed by atoms with E-state index < -0.39 is 17.5 Å². The first kappa shape index (κ1) is 14.1. The van der Waals surface area contributed by atoms with Crippen LogP contribution >= 0.6 is 0 Å². The number of nitrogens with zero attached hydrogens (tertiary/aromatic N) is 3. The first-order valence-electron chi connectivity index (χ1n) is 5.73. The summed E-state index contributed by atoms with van der Waals surface area (Å²) in [6, 6.07) is 2.18. The van der Waals surface area contributed by atoms with Gasteiger partial charge >= 0.3 is 6.18 Å². The third kappa shape index (κ3) is 2.66. The van der Waals surface area contributed by atoms with Crippen LogP contribution in [0.15, 0.2) is 36.8 Å². The number of rotatable bonds is 3. The summed E-state index contributed by atoms with van der Waals surface area (Å²) in [6.07, 6.45) is 0.827. The summed E-state index contributed by atoms with van der Waals surface area (Å²) in [5, 5.41) is 0. The standard InChI is InChI=1S/C13H12F3N3O/c1-18(2)7-5-11(20)10-8-17-12-9(13(14,15)16)4-3-6-19(10)12/h3-8H,1-2H3. The zero-order valence-electron chi connectivity index (χ0n) is 10.8. The molecule has 0 saturated carbocycles. The van der Waals surface area contributed by atoms with Crippen LogP contribution in [0, 0.1) is 0 Å². The normalized spacial score (nSPS) is 12.2. The van der Waals surface area contributed by atoms with E-state index in [-0.39, 0.29) is 11.3 Å². The van der Waals surface area contributed by atoms with Crippen molar-refractivity contribution in [3.63, 3.8) is 0 Å². The Balaban J connectivity index is 2.51. The minimum Gasteiger partial charge on any atom is -0.383 e. The number of imidazole rings is 1. The Bertz CT molecular complexity index is 671. The van der Waals surface area contributed by atoms with E-state index in [4.69, 9.17) is 0 Å². The Morgan fingerprint density at radius 2 is 2.10 bits per heavy atom. The molecule has 0 spiro atoms. The molecule has 20 heavy (non-hydrogen) atoms. The number of aromatic nitrogens is 2. The largest absolute Gasteiger partial charge is 0.419 e. The smallest absolute Gasteiger partial charge is 0.383 e. The summed E-state index contributed by atoms with van der Waals surface area (Å²) in [5.74, 6) is -0.412. The number of fused-ring (bicyclic) bond motifs is 1. The van der Waals surface area contributed by atoms with Crippen molar-refractivity contribution in [2.75, 3.05) is 14.1 Å². The summed E-state index contributed by atoms with van der Waals surface area (Å²) in [6.45, 7) is 0. The van der Waals surface area contributed by atoms with Crippen molar-refractivity contribution in [2.45, 2.75) is 6.18 Å². The lowest BCUT2D eigenvalue weighted by Crippen LogP contribution is -2.09. The van der Waals surface area contributed by atoms with E-state index >= 15 is 0 Å². The third-order valence-electron chi connectivity index (χ3n) is 2.62. The molecule has 0 radical (unpaired) electrons. The van der Waals surface area contributed by atoms with Crippen molar-refractivity contribution in [3.05, 3.63) is 48.1 Å². The molecule has 0 saturated heterocycles. The Hall–Kier alpha value is -2.31. The van der Waals surface area contributed by atoms with E-state index in [1.54, 1.807) is 19.0 Å². The van der Waals surface area contributed by atoms with Crippen molar-refractivity contribution in [2.24, 2.45) is 0 Å². The molecule has 0 aromatic carbocycles. The number of halogens is 3. The van der Waals surface area contributed by atoms with Crippen LogP contribution in [0.1, 0.15) is 16.1 Å². The van der Waals surface area contributed by atoms with Crippen LogP contribution in [0.4, 0.5) is 13.2 Å². The molecule has 2 aromatic rings. The number of allylic oxidation sites excluding steroid dienone is 1. The highest BCUT2D eigenvalue weighted by Gasteiger charge is 2.34. The van der Waals surface area contributed by atoms with Gasteiger partial charge in [0.05, 0.1) is 11.8 Å². The van der Waals surface area contributed by atoms with Gasteiger partial charge in [-0.2, -0.15) is 13.2 Å². The number of hydrogen-bond donors (Lipinski definition) is 0. The van der Waals surface area contributed by atoms with Gasteiger partial charge in [0.1, 0.15) is 11.3 Å². The van der Waals surface area contributed by atoms with Gasteiger partial charge in [-0.15, -0.1) is 0 Å². The molecule has 0 aliphatic carbocycles. The van der Waals surface area contributed by atoms with Crippen LogP contribution in [-0.4, -0.2) is 34.2 Å². The zero-order chi connectivity index (χ0) is 14.9. The van der Waals surface area contributed by atoms with E-state index in [0.29, 0.717) is 0 Å². The molecular weight excluding hydrogens is 271 g/mol. The lowest BCUT2D eigenvalue weighted by Gasteiger charge is -2.08. The number of carbonyl (C=O) groups excluding carboxylic acids is 1. The van der Waals surface area contributed by atoms with Crippen LogP contribution < -0.4 is 0 Å². The average Bonchev–Trinajstić information content (AvgIpc) is 2.78. The van der Waals surface area contributed by atoms with Crippen LogP contribution in [-0.2, 0) is 6.18 Å². The molecule has 0 amide bonds. The highest BCUT2D eigenvalue weighted by atomic mass is 19.4. The molecule has 2 aromatic heterocycles. The predicted octanol–water partition coefficient (Wildman–Crippen LogP) is 2.61. The van der Waals surface area contributed by atoms with Gasteiger partial charge in [0.25, 0.3) is 0 Å². The van der Waals surface area contributed by atoms with Crippen molar-refractivity contribution in [3.8, 4) is 0 Å². The van der Waals surface area contributed by atoms with Crippen molar-refractivity contribution < 1.29 is 18.0 Å². The lowest BCUT2D eigenvalue weighted by molar-refractivity contribution is -0.136. The molecule has 106 valence electrons. The van der Waals surface area contributed by atoms with E-state index in [1.807, 2.05) is 0 Å². The number of hydrogen-bond acceptors (Lipinski definition) is 3. The van der Waals surface area contributed by atoms with Crippen LogP contribution in [0.2, 0.25) is 0 Å². The second kappa shape index (κ2) is 4.99. The number of carbonyl (C=O) groups is 1. The van der Waals surface area contributed by atoms with E-state index in [0.717, 1.165) is 16.7 Å². The van der Waals surface area contributed by atoms with E-state index in [2.05, 4.69) is 4.98 Å². The predicted molar refractivity (Wildman–Crippen MR) is 67.4 cm³/mol. The minimum absolute atomic E-state index is 0.0872. The lowest BCUT2D eigenvalue weighted by atomic mass is 10.2. The Morgan fingerprint density at radius 3 is 2.70 bits per heavy atom. The van der Waals surface area contributed by atoms with Gasteiger partial charge in [-0.25, -0.2) is 4.98 Å². The SMILES string of the molecule is CN(C)C=CC(=O)c1cnc2c(C(F)(F)F)cccn12. The van der Waals surface area contributed by atoms with Gasteiger partial charge in [0.2, 0.25) is 5.78 Å².